The third kappa shape index (κ3) is 3.60. The number of hydrogen-bond acceptors (Lipinski definition) is 1. The van der Waals surface area contributed by atoms with Crippen molar-refractivity contribution in [3.63, 3.8) is 0 Å². The van der Waals surface area contributed by atoms with E-state index in [1.807, 2.05) is 24.3 Å². The monoisotopic (exact) mass is 405 g/mol. The minimum absolute atomic E-state index is 0.0459. The zero-order valence-corrected chi connectivity index (χ0v) is 17.1. The van der Waals surface area contributed by atoms with Gasteiger partial charge in [-0.05, 0) is 34.7 Å². The molecular weight excluding hydrogens is 386 g/mol. The number of fused-ring (bicyclic) bond motifs is 1. The molecule has 1 aromatic heterocycles. The van der Waals surface area contributed by atoms with Crippen LogP contribution in [0.3, 0.4) is 0 Å². The second-order valence-electron chi connectivity index (χ2n) is 7.38. The molecule has 0 unspecified atom stereocenters. The Morgan fingerprint density at radius 3 is 1.80 bits per heavy atom. The van der Waals surface area contributed by atoms with E-state index in [0.717, 1.165) is 22.0 Å². The van der Waals surface area contributed by atoms with Gasteiger partial charge in [0.2, 0.25) is 0 Å². The molecule has 30 heavy (non-hydrogen) atoms. The maximum absolute atomic E-state index is 6.12. The highest BCUT2D eigenvalue weighted by molar-refractivity contribution is 6.30. The Bertz CT molecular complexity index is 1240. The largest absolute Gasteiger partial charge is 0.251 e. The first kappa shape index (κ1) is 18.6. The molecule has 0 fully saturated rings. The van der Waals surface area contributed by atoms with E-state index >= 15 is 0 Å². The van der Waals surface area contributed by atoms with Crippen LogP contribution in [0.15, 0.2) is 115 Å². The van der Waals surface area contributed by atoms with Gasteiger partial charge in [-0.1, -0.05) is 109 Å². The van der Waals surface area contributed by atoms with Crippen LogP contribution in [-0.4, -0.2) is 4.98 Å². The van der Waals surface area contributed by atoms with E-state index < -0.39 is 0 Å². The summed E-state index contributed by atoms with van der Waals surface area (Å²) in [6, 6.07) is 39.8. The molecule has 5 aromatic rings. The van der Waals surface area contributed by atoms with Crippen LogP contribution >= 0.6 is 11.6 Å². The number of rotatable bonds is 4. The van der Waals surface area contributed by atoms with Gasteiger partial charge in [0.05, 0.1) is 17.3 Å². The van der Waals surface area contributed by atoms with E-state index in [1.54, 1.807) is 0 Å². The fourth-order valence-corrected chi connectivity index (χ4v) is 4.14. The summed E-state index contributed by atoms with van der Waals surface area (Å²) in [6.45, 7) is 0. The maximum atomic E-state index is 6.12. The summed E-state index contributed by atoms with van der Waals surface area (Å²) < 4.78 is 0. The molecule has 1 heterocycles. The Labute approximate surface area is 181 Å². The second-order valence-corrected chi connectivity index (χ2v) is 7.81. The molecule has 0 bridgehead atoms. The molecule has 144 valence electrons. The van der Waals surface area contributed by atoms with Gasteiger partial charge >= 0.3 is 0 Å². The Morgan fingerprint density at radius 2 is 1.17 bits per heavy atom. The topological polar surface area (TPSA) is 12.9 Å². The Hall–Kier alpha value is -3.42. The predicted octanol–water partition coefficient (Wildman–Crippen LogP) is 7.74. The summed E-state index contributed by atoms with van der Waals surface area (Å²) in [5.41, 5.74) is 5.54. The summed E-state index contributed by atoms with van der Waals surface area (Å²) in [4.78, 5) is 5.21. The van der Waals surface area contributed by atoms with Gasteiger partial charge in [0.15, 0.2) is 0 Å². The Kier molecular flexibility index (Phi) is 5.04. The van der Waals surface area contributed by atoms with Crippen LogP contribution in [-0.2, 0) is 0 Å². The van der Waals surface area contributed by atoms with Gasteiger partial charge in [0.25, 0.3) is 0 Å². The van der Waals surface area contributed by atoms with Crippen LogP contribution in [0.5, 0.6) is 0 Å². The molecule has 0 amide bonds. The van der Waals surface area contributed by atoms with E-state index in [0.29, 0.717) is 0 Å². The minimum Gasteiger partial charge on any atom is -0.251 e. The first-order chi connectivity index (χ1) is 14.8. The first-order valence-corrected chi connectivity index (χ1v) is 10.4. The van der Waals surface area contributed by atoms with Gasteiger partial charge < -0.3 is 0 Å². The van der Waals surface area contributed by atoms with Gasteiger partial charge in [-0.2, -0.15) is 0 Å². The first-order valence-electron chi connectivity index (χ1n) is 10.0. The van der Waals surface area contributed by atoms with Gasteiger partial charge in [-0.25, -0.2) is 0 Å². The fraction of sp³-hybridized carbons (Fsp3) is 0.0357. The van der Waals surface area contributed by atoms with E-state index in [2.05, 4.69) is 91.0 Å². The molecular formula is C28H20ClN. The van der Waals surface area contributed by atoms with Crippen molar-refractivity contribution in [3.05, 3.63) is 137 Å². The fourth-order valence-electron chi connectivity index (χ4n) is 4.01. The highest BCUT2D eigenvalue weighted by Crippen LogP contribution is 2.36. The molecule has 1 nitrogen and oxygen atoms in total. The Balaban J connectivity index is 1.79. The van der Waals surface area contributed by atoms with Crippen molar-refractivity contribution in [2.75, 3.05) is 0 Å². The minimum atomic E-state index is 0.0459. The summed E-state index contributed by atoms with van der Waals surface area (Å²) in [5.74, 6) is 0.0459. The van der Waals surface area contributed by atoms with Gasteiger partial charge in [0.1, 0.15) is 0 Å². The zero-order valence-electron chi connectivity index (χ0n) is 16.4. The molecule has 0 N–H and O–H groups in total. The summed E-state index contributed by atoms with van der Waals surface area (Å²) in [6.07, 6.45) is 0. The smallest absolute Gasteiger partial charge is 0.0712 e. The van der Waals surface area contributed by atoms with Crippen molar-refractivity contribution < 1.29 is 0 Å². The predicted molar refractivity (Wildman–Crippen MR) is 126 cm³/mol. The van der Waals surface area contributed by atoms with E-state index in [1.165, 1.54) is 21.9 Å². The van der Waals surface area contributed by atoms with Gasteiger partial charge in [-0.15, -0.1) is 0 Å². The molecule has 0 aliphatic carbocycles. The molecule has 5 rings (SSSR count). The molecule has 2 heteroatoms. The molecule has 4 aromatic carbocycles. The van der Waals surface area contributed by atoms with Gasteiger partial charge in [-0.3, -0.25) is 4.98 Å². The molecule has 0 saturated heterocycles. The SMILES string of the molecule is Clc1ccc(-c2cc3ccccc3c(C(c3ccccc3)c3ccccc3)n2)cc1. The summed E-state index contributed by atoms with van der Waals surface area (Å²) in [7, 11) is 0. The summed E-state index contributed by atoms with van der Waals surface area (Å²) >= 11 is 6.12. The second kappa shape index (κ2) is 8.14. The van der Waals surface area contributed by atoms with Crippen LogP contribution < -0.4 is 0 Å². The molecule has 0 aliphatic rings. The maximum Gasteiger partial charge on any atom is 0.0712 e. The van der Waals surface area contributed by atoms with Crippen LogP contribution in [0.1, 0.15) is 22.7 Å². The Morgan fingerprint density at radius 1 is 0.600 bits per heavy atom. The lowest BCUT2D eigenvalue weighted by Crippen LogP contribution is -2.07. The van der Waals surface area contributed by atoms with E-state index in [9.17, 15) is 0 Å². The highest BCUT2D eigenvalue weighted by Gasteiger charge is 2.21. The van der Waals surface area contributed by atoms with Crippen molar-refractivity contribution in [3.8, 4) is 11.3 Å². The van der Waals surface area contributed by atoms with Gasteiger partial charge in [0, 0.05) is 16.0 Å². The van der Waals surface area contributed by atoms with E-state index in [4.69, 9.17) is 16.6 Å². The normalized spacial score (nSPS) is 11.1. The molecule has 0 saturated carbocycles. The third-order valence-electron chi connectivity index (χ3n) is 5.45. The quantitative estimate of drug-likeness (QED) is 0.298. The number of pyridine rings is 1. The highest BCUT2D eigenvalue weighted by atomic mass is 35.5. The average Bonchev–Trinajstić information content (AvgIpc) is 2.81. The lowest BCUT2D eigenvalue weighted by molar-refractivity contribution is 0.935. The van der Waals surface area contributed by atoms with Crippen molar-refractivity contribution >= 4 is 22.4 Å². The number of hydrogen-bond donors (Lipinski definition) is 0. The lowest BCUT2D eigenvalue weighted by atomic mass is 9.85. The number of nitrogens with zero attached hydrogens (tertiary/aromatic N) is 1. The molecule has 0 spiro atoms. The standard InChI is InChI=1S/C28H20ClN/c29-24-17-15-20(16-18-24)26-19-23-13-7-8-14-25(23)28(30-26)27(21-9-3-1-4-10-21)22-11-5-2-6-12-22/h1-19,27H. The van der Waals surface area contributed by atoms with Crippen LogP contribution in [0.25, 0.3) is 22.0 Å². The lowest BCUT2D eigenvalue weighted by Gasteiger charge is -2.21. The van der Waals surface area contributed by atoms with Crippen molar-refractivity contribution in [2.45, 2.75) is 5.92 Å². The molecule has 0 aliphatic heterocycles. The van der Waals surface area contributed by atoms with Crippen LogP contribution in [0.2, 0.25) is 5.02 Å². The van der Waals surface area contributed by atoms with Crippen molar-refractivity contribution in [2.24, 2.45) is 0 Å². The van der Waals surface area contributed by atoms with E-state index in [-0.39, 0.29) is 5.92 Å². The number of halogens is 1. The van der Waals surface area contributed by atoms with Crippen molar-refractivity contribution in [1.82, 2.24) is 4.98 Å². The van der Waals surface area contributed by atoms with Crippen LogP contribution in [0.4, 0.5) is 0 Å². The number of benzene rings is 4. The van der Waals surface area contributed by atoms with Crippen LogP contribution in [0, 0.1) is 0 Å². The molecule has 0 radical (unpaired) electrons. The molecule has 0 atom stereocenters. The average molecular weight is 406 g/mol. The summed E-state index contributed by atoms with van der Waals surface area (Å²) in [5, 5.41) is 3.09. The van der Waals surface area contributed by atoms with Crippen molar-refractivity contribution in [1.29, 1.82) is 0 Å². The number of aromatic nitrogens is 1. The third-order valence-corrected chi connectivity index (χ3v) is 5.70. The zero-order chi connectivity index (χ0) is 20.3.